The molecule has 0 radical (unpaired) electrons. The second-order valence-electron chi connectivity index (χ2n) is 1.59. The van der Waals surface area contributed by atoms with Gasteiger partial charge in [0.15, 0.2) is 6.29 Å². The van der Waals surface area contributed by atoms with Crippen LogP contribution in [0.2, 0.25) is 0 Å². The molecule has 0 bridgehead atoms. The first kappa shape index (κ1) is 10.6. The van der Waals surface area contributed by atoms with Crippen LogP contribution in [-0.2, 0) is 0 Å². The van der Waals surface area contributed by atoms with Gasteiger partial charge in [-0.2, -0.15) is 0 Å². The second kappa shape index (κ2) is 7.68. The summed E-state index contributed by atoms with van der Waals surface area (Å²) in [5, 5.41) is 9.69. The van der Waals surface area contributed by atoms with Gasteiger partial charge < -0.3 is 5.21 Å². The van der Waals surface area contributed by atoms with E-state index in [4.69, 9.17) is 5.21 Å². The normalized spacial score (nSPS) is 8.75. The van der Waals surface area contributed by atoms with Crippen molar-refractivity contribution in [2.24, 2.45) is 5.16 Å². The molecule has 1 aromatic rings. The molecule has 1 aromatic heterocycles. The fourth-order valence-corrected chi connectivity index (χ4v) is 0.446. The number of aromatic nitrogens is 1. The molecular weight excluding hydrogens is 180 g/mol. The first-order valence-corrected chi connectivity index (χ1v) is 3.41. The molecule has 0 unspecified atom stereocenters. The van der Waals surface area contributed by atoms with Crippen LogP contribution < -0.4 is 0 Å². The Hall–Kier alpha value is -1.42. The Bertz CT molecular complexity index is 234. The Labute approximate surface area is 74.5 Å². The largest absolute Gasteiger partial charge is 0.410 e. The molecule has 0 aliphatic rings. The van der Waals surface area contributed by atoms with Gasteiger partial charge >= 0.3 is 0 Å². The SMILES string of the molecule is O=Cc1ccccn1.ON=CCl. The van der Waals surface area contributed by atoms with Crippen LogP contribution in [0.3, 0.4) is 0 Å². The van der Waals surface area contributed by atoms with E-state index in [1.165, 1.54) is 0 Å². The number of halogens is 1. The zero-order chi connectivity index (χ0) is 9.23. The Kier molecular flexibility index (Phi) is 6.78. The van der Waals surface area contributed by atoms with Crippen LogP contribution in [0.15, 0.2) is 29.6 Å². The lowest BCUT2D eigenvalue weighted by molar-refractivity contribution is 0.111. The molecule has 0 saturated heterocycles. The van der Waals surface area contributed by atoms with Gasteiger partial charge in [-0.05, 0) is 12.1 Å². The third kappa shape index (κ3) is 5.37. The van der Waals surface area contributed by atoms with Crippen LogP contribution in [-0.4, -0.2) is 22.2 Å². The highest BCUT2D eigenvalue weighted by atomic mass is 35.5. The van der Waals surface area contributed by atoms with Crippen molar-refractivity contribution in [2.75, 3.05) is 0 Å². The molecule has 0 fully saturated rings. The van der Waals surface area contributed by atoms with E-state index in [9.17, 15) is 4.79 Å². The molecule has 0 atom stereocenters. The van der Waals surface area contributed by atoms with Crippen molar-refractivity contribution >= 4 is 23.6 Å². The molecule has 0 spiro atoms. The molecule has 0 aliphatic carbocycles. The molecule has 0 saturated carbocycles. The summed E-state index contributed by atoms with van der Waals surface area (Å²) in [7, 11) is 0. The van der Waals surface area contributed by atoms with Gasteiger partial charge in [0.25, 0.3) is 0 Å². The quantitative estimate of drug-likeness (QED) is 0.313. The molecule has 1 heterocycles. The van der Waals surface area contributed by atoms with Crippen LogP contribution in [0, 0.1) is 0 Å². The number of carbonyl (C=O) groups is 1. The molecule has 12 heavy (non-hydrogen) atoms. The summed E-state index contributed by atoms with van der Waals surface area (Å²) in [5.41, 5.74) is 1.26. The van der Waals surface area contributed by atoms with Gasteiger partial charge in [0.05, 0.1) is 0 Å². The van der Waals surface area contributed by atoms with E-state index in [-0.39, 0.29) is 0 Å². The van der Waals surface area contributed by atoms with Crippen LogP contribution in [0.4, 0.5) is 0 Å². The second-order valence-corrected chi connectivity index (χ2v) is 1.78. The number of oxime groups is 1. The number of carbonyl (C=O) groups excluding carboxylic acids is 1. The molecule has 0 aromatic carbocycles. The van der Waals surface area contributed by atoms with Gasteiger partial charge in [0, 0.05) is 6.20 Å². The average molecular weight is 187 g/mol. The Morgan fingerprint density at radius 2 is 2.25 bits per heavy atom. The average Bonchev–Trinajstić information content (AvgIpc) is 2.19. The maximum Gasteiger partial charge on any atom is 0.168 e. The molecule has 4 nitrogen and oxygen atoms in total. The summed E-state index contributed by atoms with van der Waals surface area (Å²) in [6.45, 7) is 0. The maximum atomic E-state index is 9.94. The monoisotopic (exact) mass is 186 g/mol. The minimum Gasteiger partial charge on any atom is -0.410 e. The molecular formula is C7H7ClN2O2. The molecule has 64 valence electrons. The predicted octanol–water partition coefficient (Wildman–Crippen LogP) is 1.54. The lowest BCUT2D eigenvalue weighted by Crippen LogP contribution is -1.80. The molecule has 0 aliphatic heterocycles. The fraction of sp³-hybridized carbons (Fsp3) is 0. The minimum atomic E-state index is 0.479. The molecule has 5 heteroatoms. The third-order valence-electron chi connectivity index (χ3n) is 0.852. The van der Waals surface area contributed by atoms with Gasteiger partial charge in [0.2, 0.25) is 0 Å². The number of aldehydes is 1. The van der Waals surface area contributed by atoms with Gasteiger partial charge in [-0.15, -0.1) is 0 Å². The maximum absolute atomic E-state index is 9.94. The molecule has 0 amide bonds. The summed E-state index contributed by atoms with van der Waals surface area (Å²) in [4.78, 5) is 13.7. The number of hydrogen-bond donors (Lipinski definition) is 1. The van der Waals surface area contributed by atoms with E-state index in [0.29, 0.717) is 5.69 Å². The van der Waals surface area contributed by atoms with Crippen molar-refractivity contribution in [1.82, 2.24) is 4.98 Å². The summed E-state index contributed by atoms with van der Waals surface area (Å²) >= 11 is 4.64. The summed E-state index contributed by atoms with van der Waals surface area (Å²) in [5.74, 6) is 0. The fourth-order valence-electron chi connectivity index (χ4n) is 0.446. The molecule has 1 rings (SSSR count). The predicted molar refractivity (Wildman–Crippen MR) is 45.8 cm³/mol. The van der Waals surface area contributed by atoms with Crippen LogP contribution in [0.1, 0.15) is 10.5 Å². The van der Waals surface area contributed by atoms with E-state index >= 15 is 0 Å². The highest BCUT2D eigenvalue weighted by Crippen LogP contribution is 1.85. The lowest BCUT2D eigenvalue weighted by Gasteiger charge is -1.81. The number of hydrogen-bond acceptors (Lipinski definition) is 4. The number of rotatable bonds is 1. The van der Waals surface area contributed by atoms with Crippen LogP contribution in [0.5, 0.6) is 0 Å². The smallest absolute Gasteiger partial charge is 0.168 e. The highest BCUT2D eigenvalue weighted by molar-refractivity contribution is 6.56. The first-order chi connectivity index (χ1) is 5.85. The zero-order valence-electron chi connectivity index (χ0n) is 6.09. The molecule has 1 N–H and O–H groups in total. The highest BCUT2D eigenvalue weighted by Gasteiger charge is 1.81. The van der Waals surface area contributed by atoms with E-state index in [2.05, 4.69) is 21.7 Å². The summed E-state index contributed by atoms with van der Waals surface area (Å²) < 4.78 is 0. The van der Waals surface area contributed by atoms with Gasteiger partial charge in [0.1, 0.15) is 11.4 Å². The van der Waals surface area contributed by atoms with Crippen molar-refractivity contribution in [3.05, 3.63) is 30.1 Å². The number of nitrogens with zero attached hydrogens (tertiary/aromatic N) is 2. The van der Waals surface area contributed by atoms with Crippen molar-refractivity contribution in [3.8, 4) is 0 Å². The zero-order valence-corrected chi connectivity index (χ0v) is 6.85. The van der Waals surface area contributed by atoms with E-state index < -0.39 is 0 Å². The van der Waals surface area contributed by atoms with Gasteiger partial charge in [-0.1, -0.05) is 22.8 Å². The van der Waals surface area contributed by atoms with Crippen molar-refractivity contribution in [1.29, 1.82) is 0 Å². The van der Waals surface area contributed by atoms with E-state index in [1.807, 2.05) is 0 Å². The Morgan fingerprint density at radius 3 is 2.50 bits per heavy atom. The van der Waals surface area contributed by atoms with Crippen LogP contribution >= 0.6 is 11.6 Å². The third-order valence-corrected chi connectivity index (χ3v) is 0.939. The van der Waals surface area contributed by atoms with Crippen molar-refractivity contribution in [3.63, 3.8) is 0 Å². The van der Waals surface area contributed by atoms with Crippen LogP contribution in [0.25, 0.3) is 0 Å². The van der Waals surface area contributed by atoms with E-state index in [0.717, 1.165) is 12.0 Å². The van der Waals surface area contributed by atoms with Gasteiger partial charge in [-0.25, -0.2) is 0 Å². The topological polar surface area (TPSA) is 62.5 Å². The summed E-state index contributed by atoms with van der Waals surface area (Å²) in [6, 6.07) is 5.21. The van der Waals surface area contributed by atoms with Crippen molar-refractivity contribution in [2.45, 2.75) is 0 Å². The van der Waals surface area contributed by atoms with E-state index in [1.54, 1.807) is 24.4 Å². The minimum absolute atomic E-state index is 0.479. The van der Waals surface area contributed by atoms with Gasteiger partial charge in [-0.3, -0.25) is 9.78 Å². The Morgan fingerprint density at radius 1 is 1.58 bits per heavy atom. The first-order valence-electron chi connectivity index (χ1n) is 2.97. The summed E-state index contributed by atoms with van der Waals surface area (Å²) in [6.07, 6.45) is 2.31. The number of pyridine rings is 1. The standard InChI is InChI=1S/C6H5NO.CH2ClNO/c8-5-6-3-1-2-4-7-6;2-1-3-4/h1-5H;1,4H. The van der Waals surface area contributed by atoms with Crippen molar-refractivity contribution < 1.29 is 10.0 Å². The Balaban J connectivity index is 0.000000261. The lowest BCUT2D eigenvalue weighted by atomic mass is 10.4.